The minimum atomic E-state index is -3.64. The first-order valence-electron chi connectivity index (χ1n) is 4.49. The summed E-state index contributed by atoms with van der Waals surface area (Å²) in [5.41, 5.74) is -0.149. The van der Waals surface area contributed by atoms with E-state index in [1.54, 1.807) is 0 Å². The Morgan fingerprint density at radius 1 is 1.47 bits per heavy atom. The van der Waals surface area contributed by atoms with Crippen molar-refractivity contribution in [2.24, 2.45) is 0 Å². The molecular formula is C9H10ClNO5S. The summed E-state index contributed by atoms with van der Waals surface area (Å²) in [6.45, 7) is 0. The Hall–Kier alpha value is -1.18. The molecule has 1 aromatic rings. The molecule has 1 rings (SSSR count). The van der Waals surface area contributed by atoms with E-state index in [-0.39, 0.29) is 11.3 Å². The summed E-state index contributed by atoms with van der Waals surface area (Å²) in [4.78, 5) is 9.88. The van der Waals surface area contributed by atoms with E-state index in [9.17, 15) is 23.6 Å². The summed E-state index contributed by atoms with van der Waals surface area (Å²) in [7, 11) is -3.64. The highest BCUT2D eigenvalue weighted by atomic mass is 35.5. The molecule has 0 radical (unpaired) electrons. The molecule has 0 amide bonds. The molecule has 1 N–H and O–H groups in total. The predicted octanol–water partition coefficient (Wildman–Crippen LogP) is 1.24. The Morgan fingerprint density at radius 2 is 2.06 bits per heavy atom. The van der Waals surface area contributed by atoms with Crippen LogP contribution in [0.2, 0.25) is 0 Å². The number of hydrogen-bond acceptors (Lipinski definition) is 5. The Balaban J connectivity index is 3.09. The minimum Gasteiger partial charge on any atom is -0.386 e. The molecule has 2 atom stereocenters. The number of benzene rings is 1. The zero-order chi connectivity index (χ0) is 13.2. The number of rotatable bonds is 4. The number of hydrogen-bond donors (Lipinski definition) is 1. The molecule has 17 heavy (non-hydrogen) atoms. The normalized spacial score (nSPS) is 15.2. The van der Waals surface area contributed by atoms with E-state index in [0.717, 1.165) is 12.3 Å². The maximum atomic E-state index is 11.1. The van der Waals surface area contributed by atoms with Gasteiger partial charge in [-0.1, -0.05) is 12.1 Å². The van der Waals surface area contributed by atoms with Gasteiger partial charge >= 0.3 is 0 Å². The summed E-state index contributed by atoms with van der Waals surface area (Å²) < 4.78 is 20.7. The predicted molar refractivity (Wildman–Crippen MR) is 62.5 cm³/mol. The van der Waals surface area contributed by atoms with E-state index >= 15 is 0 Å². The topological polar surface area (TPSA) is 97.5 Å². The van der Waals surface area contributed by atoms with Crippen molar-refractivity contribution in [1.82, 2.24) is 0 Å². The van der Waals surface area contributed by atoms with Crippen LogP contribution in [0.3, 0.4) is 0 Å². The highest BCUT2D eigenvalue weighted by molar-refractivity contribution is 7.92. The second kappa shape index (κ2) is 4.99. The van der Waals surface area contributed by atoms with Crippen LogP contribution in [0.15, 0.2) is 24.3 Å². The van der Waals surface area contributed by atoms with Crippen molar-refractivity contribution in [2.45, 2.75) is 10.8 Å². The van der Waals surface area contributed by atoms with Crippen molar-refractivity contribution in [2.75, 3.05) is 6.26 Å². The van der Waals surface area contributed by atoms with Crippen molar-refractivity contribution in [1.29, 1.82) is 0 Å². The number of nitrogens with zero attached hydrogens (tertiary/aromatic N) is 1. The van der Waals surface area contributed by atoms with Gasteiger partial charge in [-0.3, -0.25) is 10.1 Å². The molecule has 8 heteroatoms. The quantitative estimate of drug-likeness (QED) is 0.508. The monoisotopic (exact) mass is 279 g/mol. The first kappa shape index (κ1) is 13.9. The second-order valence-corrected chi connectivity index (χ2v) is 6.37. The van der Waals surface area contributed by atoms with Crippen LogP contribution in [0, 0.1) is 10.1 Å². The largest absolute Gasteiger partial charge is 0.386 e. The van der Waals surface area contributed by atoms with Crippen molar-refractivity contribution >= 4 is 27.1 Å². The SMILES string of the molecule is CS(=O)(=O)[C@@H](Cl)[C@@H](O)c1cccc([N+](=O)[O-])c1. The number of nitro groups is 1. The van der Waals surface area contributed by atoms with Gasteiger partial charge < -0.3 is 5.11 Å². The molecule has 0 spiro atoms. The van der Waals surface area contributed by atoms with Crippen molar-refractivity contribution in [3.8, 4) is 0 Å². The minimum absolute atomic E-state index is 0.0876. The van der Waals surface area contributed by atoms with Gasteiger partial charge in [0.2, 0.25) is 0 Å². The highest BCUT2D eigenvalue weighted by Gasteiger charge is 2.28. The first-order chi connectivity index (χ1) is 7.73. The van der Waals surface area contributed by atoms with Crippen LogP contribution in [-0.2, 0) is 9.84 Å². The summed E-state index contributed by atoms with van der Waals surface area (Å²) >= 11 is 5.57. The molecule has 0 fully saturated rings. The smallest absolute Gasteiger partial charge is 0.269 e. The molecule has 0 heterocycles. The molecular weight excluding hydrogens is 270 g/mol. The number of alkyl halides is 1. The number of nitro benzene ring substituents is 1. The highest BCUT2D eigenvalue weighted by Crippen LogP contribution is 2.27. The van der Waals surface area contributed by atoms with Crippen molar-refractivity contribution < 1.29 is 18.4 Å². The molecule has 0 aliphatic rings. The van der Waals surface area contributed by atoms with Crippen LogP contribution in [0.1, 0.15) is 11.7 Å². The molecule has 0 saturated heterocycles. The molecule has 0 aliphatic heterocycles. The number of halogens is 1. The van der Waals surface area contributed by atoms with Crippen LogP contribution in [0.4, 0.5) is 5.69 Å². The standard InChI is InChI=1S/C9H10ClNO5S/c1-17(15,16)9(10)8(12)6-3-2-4-7(5-6)11(13)14/h2-5,8-9,12H,1H3/t8-,9+/m0/s1. The van der Waals surface area contributed by atoms with Gasteiger partial charge in [0.1, 0.15) is 6.10 Å². The molecule has 0 aliphatic carbocycles. The van der Waals surface area contributed by atoms with Crippen molar-refractivity contribution in [3.05, 3.63) is 39.9 Å². The van der Waals surface area contributed by atoms with E-state index in [4.69, 9.17) is 11.6 Å². The van der Waals surface area contributed by atoms with E-state index in [0.29, 0.717) is 0 Å². The van der Waals surface area contributed by atoms with Gasteiger partial charge in [0.15, 0.2) is 14.5 Å². The third-order valence-electron chi connectivity index (χ3n) is 2.08. The number of aliphatic hydroxyl groups excluding tert-OH is 1. The summed E-state index contributed by atoms with van der Waals surface area (Å²) in [6, 6.07) is 5.05. The van der Waals surface area contributed by atoms with E-state index in [1.165, 1.54) is 18.2 Å². The van der Waals surface area contributed by atoms with Gasteiger partial charge in [-0.25, -0.2) is 8.42 Å². The lowest BCUT2D eigenvalue weighted by Gasteiger charge is -2.15. The van der Waals surface area contributed by atoms with Gasteiger partial charge in [0, 0.05) is 18.4 Å². The number of sulfone groups is 1. The molecule has 6 nitrogen and oxygen atoms in total. The average molecular weight is 280 g/mol. The molecule has 0 unspecified atom stereocenters. The van der Waals surface area contributed by atoms with Crippen LogP contribution in [-0.4, -0.2) is 29.4 Å². The van der Waals surface area contributed by atoms with Gasteiger partial charge in [-0.2, -0.15) is 0 Å². The molecule has 1 aromatic carbocycles. The third kappa shape index (κ3) is 3.39. The average Bonchev–Trinajstić information content (AvgIpc) is 2.26. The maximum absolute atomic E-state index is 11.1. The fraction of sp³-hybridized carbons (Fsp3) is 0.333. The van der Waals surface area contributed by atoms with Gasteiger partial charge in [-0.05, 0) is 5.56 Å². The number of non-ortho nitro benzene ring substituents is 1. The Morgan fingerprint density at radius 3 is 2.53 bits per heavy atom. The fourth-order valence-corrected chi connectivity index (χ4v) is 1.98. The molecule has 94 valence electrons. The Labute approximate surface area is 103 Å². The zero-order valence-electron chi connectivity index (χ0n) is 8.78. The second-order valence-electron chi connectivity index (χ2n) is 3.48. The zero-order valence-corrected chi connectivity index (χ0v) is 10.4. The van der Waals surface area contributed by atoms with Gasteiger partial charge in [0.25, 0.3) is 5.69 Å². The van der Waals surface area contributed by atoms with E-state index < -0.39 is 25.6 Å². The van der Waals surface area contributed by atoms with Crippen LogP contribution >= 0.6 is 11.6 Å². The number of aliphatic hydroxyl groups is 1. The van der Waals surface area contributed by atoms with Crippen LogP contribution < -0.4 is 0 Å². The Kier molecular flexibility index (Phi) is 4.07. The lowest BCUT2D eigenvalue weighted by Crippen LogP contribution is -2.21. The van der Waals surface area contributed by atoms with Crippen molar-refractivity contribution in [3.63, 3.8) is 0 Å². The van der Waals surface area contributed by atoms with Gasteiger partial charge in [0.05, 0.1) is 4.92 Å². The van der Waals surface area contributed by atoms with E-state index in [1.807, 2.05) is 0 Å². The molecule has 0 bridgehead atoms. The summed E-state index contributed by atoms with van der Waals surface area (Å²) in [5.74, 6) is 0. The summed E-state index contributed by atoms with van der Waals surface area (Å²) in [6.07, 6.45) is -0.628. The fourth-order valence-electron chi connectivity index (χ4n) is 1.21. The third-order valence-corrected chi connectivity index (χ3v) is 4.37. The lowest BCUT2D eigenvalue weighted by atomic mass is 10.1. The summed E-state index contributed by atoms with van der Waals surface area (Å²) in [5, 5.41) is 20.2. The maximum Gasteiger partial charge on any atom is 0.269 e. The van der Waals surface area contributed by atoms with E-state index in [2.05, 4.69) is 0 Å². The van der Waals surface area contributed by atoms with Gasteiger partial charge in [-0.15, -0.1) is 11.6 Å². The Bertz CT molecular complexity index is 530. The first-order valence-corrected chi connectivity index (χ1v) is 6.88. The van der Waals surface area contributed by atoms with Crippen LogP contribution in [0.25, 0.3) is 0 Å². The van der Waals surface area contributed by atoms with Crippen LogP contribution in [0.5, 0.6) is 0 Å². The molecule has 0 aromatic heterocycles. The lowest BCUT2D eigenvalue weighted by molar-refractivity contribution is -0.385. The molecule has 0 saturated carbocycles.